The Bertz CT molecular complexity index is 750. The molecule has 2 rings (SSSR count). The lowest BCUT2D eigenvalue weighted by Gasteiger charge is -2.07. The molecule has 0 spiro atoms. The number of ketones is 1. The number of allylic oxidation sites excluding steroid dienone is 1. The topological polar surface area (TPSA) is 78.7 Å². The maximum atomic E-state index is 12.1. The Morgan fingerprint density at radius 1 is 1.04 bits per heavy atom. The number of non-ortho nitro benzene ring substituents is 1. The van der Waals surface area contributed by atoms with Crippen LogP contribution in [0, 0.1) is 10.1 Å². The van der Waals surface area contributed by atoms with Crippen molar-refractivity contribution < 1.29 is 19.2 Å². The van der Waals surface area contributed by atoms with Gasteiger partial charge in [0.25, 0.3) is 5.69 Å². The zero-order valence-corrected chi connectivity index (χ0v) is 12.7. The SMILES string of the molecule is COc1ccc(C=CC(=O)c2ccc([N+](=O)[O-])cc2)cc1OC. The molecule has 0 unspecified atom stereocenters. The molecule has 0 radical (unpaired) electrons. The number of rotatable bonds is 6. The first kappa shape index (κ1) is 16.2. The number of nitrogens with zero attached hydrogens (tertiary/aromatic N) is 1. The molecule has 0 amide bonds. The zero-order chi connectivity index (χ0) is 16.8. The molecular formula is C17H15NO5. The Kier molecular flexibility index (Phi) is 5.09. The fourth-order valence-corrected chi connectivity index (χ4v) is 1.97. The van der Waals surface area contributed by atoms with E-state index >= 15 is 0 Å². The summed E-state index contributed by atoms with van der Waals surface area (Å²) in [6.45, 7) is 0. The monoisotopic (exact) mass is 313 g/mol. The Labute approximate surface area is 133 Å². The summed E-state index contributed by atoms with van der Waals surface area (Å²) in [4.78, 5) is 22.1. The van der Waals surface area contributed by atoms with Crippen molar-refractivity contribution in [2.75, 3.05) is 14.2 Å². The standard InChI is InChI=1S/C17H15NO5/c1-22-16-10-4-12(11-17(16)23-2)3-9-15(19)13-5-7-14(8-6-13)18(20)21/h3-11H,1-2H3. The number of carbonyl (C=O) groups excluding carboxylic acids is 1. The lowest BCUT2D eigenvalue weighted by molar-refractivity contribution is -0.384. The summed E-state index contributed by atoms with van der Waals surface area (Å²) in [5.41, 5.74) is 1.11. The zero-order valence-electron chi connectivity index (χ0n) is 12.7. The van der Waals surface area contributed by atoms with Crippen molar-refractivity contribution in [1.29, 1.82) is 0 Å². The van der Waals surface area contributed by atoms with Crippen LogP contribution in [-0.4, -0.2) is 24.9 Å². The number of methoxy groups -OCH3 is 2. The molecule has 0 heterocycles. The van der Waals surface area contributed by atoms with Crippen LogP contribution in [0.15, 0.2) is 48.5 Å². The molecule has 0 saturated carbocycles. The summed E-state index contributed by atoms with van der Waals surface area (Å²) in [5, 5.41) is 10.6. The molecule has 0 aromatic heterocycles. The van der Waals surface area contributed by atoms with E-state index in [0.29, 0.717) is 17.1 Å². The van der Waals surface area contributed by atoms with Crippen LogP contribution in [0.3, 0.4) is 0 Å². The molecule has 0 bridgehead atoms. The average molecular weight is 313 g/mol. The number of nitro benzene ring substituents is 1. The van der Waals surface area contributed by atoms with Gasteiger partial charge in [-0.1, -0.05) is 12.1 Å². The largest absolute Gasteiger partial charge is 0.493 e. The van der Waals surface area contributed by atoms with Gasteiger partial charge in [-0.25, -0.2) is 0 Å². The molecule has 0 fully saturated rings. The number of ether oxygens (including phenoxy) is 2. The van der Waals surface area contributed by atoms with Crippen LogP contribution in [0.4, 0.5) is 5.69 Å². The predicted molar refractivity (Wildman–Crippen MR) is 86.0 cm³/mol. The van der Waals surface area contributed by atoms with E-state index in [9.17, 15) is 14.9 Å². The Morgan fingerprint density at radius 3 is 2.26 bits per heavy atom. The van der Waals surface area contributed by atoms with E-state index in [2.05, 4.69) is 0 Å². The smallest absolute Gasteiger partial charge is 0.269 e. The highest BCUT2D eigenvalue weighted by molar-refractivity contribution is 6.06. The van der Waals surface area contributed by atoms with Gasteiger partial charge in [0.15, 0.2) is 17.3 Å². The first-order valence-corrected chi connectivity index (χ1v) is 6.74. The fourth-order valence-electron chi connectivity index (χ4n) is 1.97. The van der Waals surface area contributed by atoms with Crippen LogP contribution in [0.1, 0.15) is 15.9 Å². The van der Waals surface area contributed by atoms with E-state index in [0.717, 1.165) is 5.56 Å². The molecule has 0 atom stereocenters. The maximum Gasteiger partial charge on any atom is 0.269 e. The summed E-state index contributed by atoms with van der Waals surface area (Å²) in [6.07, 6.45) is 3.05. The summed E-state index contributed by atoms with van der Waals surface area (Å²) in [6, 6.07) is 10.8. The van der Waals surface area contributed by atoms with Gasteiger partial charge in [-0.2, -0.15) is 0 Å². The van der Waals surface area contributed by atoms with E-state index in [1.165, 1.54) is 37.5 Å². The van der Waals surface area contributed by atoms with Crippen molar-refractivity contribution in [2.45, 2.75) is 0 Å². The molecule has 6 heteroatoms. The third kappa shape index (κ3) is 3.94. The van der Waals surface area contributed by atoms with Crippen LogP contribution < -0.4 is 9.47 Å². The molecule has 0 aliphatic heterocycles. The molecule has 0 aliphatic rings. The summed E-state index contributed by atoms with van der Waals surface area (Å²) >= 11 is 0. The van der Waals surface area contributed by atoms with E-state index in [4.69, 9.17) is 9.47 Å². The van der Waals surface area contributed by atoms with Gasteiger partial charge in [-0.15, -0.1) is 0 Å². The minimum absolute atomic E-state index is 0.0505. The van der Waals surface area contributed by atoms with Crippen LogP contribution in [-0.2, 0) is 0 Å². The van der Waals surface area contributed by atoms with Crippen molar-refractivity contribution in [3.8, 4) is 11.5 Å². The minimum Gasteiger partial charge on any atom is -0.493 e. The second-order valence-electron chi connectivity index (χ2n) is 4.62. The molecule has 118 valence electrons. The lowest BCUT2D eigenvalue weighted by Crippen LogP contribution is -1.95. The van der Waals surface area contributed by atoms with Gasteiger partial charge < -0.3 is 9.47 Å². The van der Waals surface area contributed by atoms with Gasteiger partial charge in [0.05, 0.1) is 19.1 Å². The average Bonchev–Trinajstić information content (AvgIpc) is 2.59. The molecule has 23 heavy (non-hydrogen) atoms. The van der Waals surface area contributed by atoms with Crippen molar-refractivity contribution >= 4 is 17.5 Å². The molecule has 2 aromatic rings. The van der Waals surface area contributed by atoms with Gasteiger partial charge in [-0.3, -0.25) is 14.9 Å². The number of carbonyl (C=O) groups is 1. The summed E-state index contributed by atoms with van der Waals surface area (Å²) < 4.78 is 10.3. The molecule has 0 N–H and O–H groups in total. The molecule has 0 aliphatic carbocycles. The quantitative estimate of drug-likeness (QED) is 0.353. The van der Waals surface area contributed by atoms with E-state index < -0.39 is 4.92 Å². The normalized spacial score (nSPS) is 10.5. The predicted octanol–water partition coefficient (Wildman–Crippen LogP) is 3.51. The van der Waals surface area contributed by atoms with Crippen LogP contribution in [0.25, 0.3) is 6.08 Å². The van der Waals surface area contributed by atoms with Crippen molar-refractivity contribution in [3.05, 3.63) is 69.8 Å². The number of hydrogen-bond donors (Lipinski definition) is 0. The number of benzene rings is 2. The highest BCUT2D eigenvalue weighted by atomic mass is 16.6. The Balaban J connectivity index is 2.16. The van der Waals surface area contributed by atoms with Gasteiger partial charge in [-0.05, 0) is 35.9 Å². The van der Waals surface area contributed by atoms with Crippen molar-refractivity contribution in [2.24, 2.45) is 0 Å². The third-order valence-electron chi connectivity index (χ3n) is 3.20. The van der Waals surface area contributed by atoms with Gasteiger partial charge in [0, 0.05) is 17.7 Å². The third-order valence-corrected chi connectivity index (χ3v) is 3.20. The fraction of sp³-hybridized carbons (Fsp3) is 0.118. The highest BCUT2D eigenvalue weighted by Gasteiger charge is 2.07. The Morgan fingerprint density at radius 2 is 1.70 bits per heavy atom. The van der Waals surface area contributed by atoms with Gasteiger partial charge >= 0.3 is 0 Å². The van der Waals surface area contributed by atoms with Crippen molar-refractivity contribution in [3.63, 3.8) is 0 Å². The lowest BCUT2D eigenvalue weighted by atomic mass is 10.1. The van der Waals surface area contributed by atoms with E-state index in [1.54, 1.807) is 31.4 Å². The minimum atomic E-state index is -0.506. The van der Waals surface area contributed by atoms with E-state index in [-0.39, 0.29) is 11.5 Å². The first-order valence-electron chi connectivity index (χ1n) is 6.74. The van der Waals surface area contributed by atoms with Gasteiger partial charge in [0.1, 0.15) is 0 Å². The van der Waals surface area contributed by atoms with Crippen molar-refractivity contribution in [1.82, 2.24) is 0 Å². The Hall–Kier alpha value is -3.15. The summed E-state index contributed by atoms with van der Waals surface area (Å²) in [5.74, 6) is 0.929. The van der Waals surface area contributed by atoms with E-state index in [1.807, 2.05) is 0 Å². The molecule has 2 aromatic carbocycles. The van der Waals surface area contributed by atoms with Crippen LogP contribution in [0.2, 0.25) is 0 Å². The first-order chi connectivity index (χ1) is 11.0. The van der Waals surface area contributed by atoms with Gasteiger partial charge in [0.2, 0.25) is 0 Å². The number of nitro groups is 1. The van der Waals surface area contributed by atoms with Crippen LogP contribution >= 0.6 is 0 Å². The molecular weight excluding hydrogens is 298 g/mol. The molecule has 0 saturated heterocycles. The molecule has 6 nitrogen and oxygen atoms in total. The van der Waals surface area contributed by atoms with Crippen LogP contribution in [0.5, 0.6) is 11.5 Å². The second kappa shape index (κ2) is 7.22. The highest BCUT2D eigenvalue weighted by Crippen LogP contribution is 2.28. The second-order valence-corrected chi connectivity index (χ2v) is 4.62. The number of hydrogen-bond acceptors (Lipinski definition) is 5. The summed E-state index contributed by atoms with van der Waals surface area (Å²) in [7, 11) is 3.08. The maximum absolute atomic E-state index is 12.1.